The van der Waals surface area contributed by atoms with Crippen molar-refractivity contribution in [3.8, 4) is 17.0 Å². The summed E-state index contributed by atoms with van der Waals surface area (Å²) in [6.07, 6.45) is 1.42. The standard InChI is InChI=1S/C25H24N2O5/c1-31-23-16(7-6-14-26-23)12-13-22(24(28)29)27-25(30)32-15-21-19-10-4-2-8-17(19)18-9-3-5-11-20(18)21/h2-11,14,21-22H,12-13,15H2,1H3,(H,27,30)(H,28,29). The molecule has 0 saturated carbocycles. The van der Waals surface area contributed by atoms with E-state index in [-0.39, 0.29) is 18.9 Å². The van der Waals surface area contributed by atoms with Crippen LogP contribution in [0.25, 0.3) is 11.1 Å². The number of pyridine rings is 1. The first-order chi connectivity index (χ1) is 15.6. The molecule has 0 radical (unpaired) electrons. The molecule has 0 spiro atoms. The zero-order valence-corrected chi connectivity index (χ0v) is 17.7. The number of rotatable bonds is 8. The second-order valence-corrected chi connectivity index (χ2v) is 7.57. The van der Waals surface area contributed by atoms with E-state index < -0.39 is 18.1 Å². The van der Waals surface area contributed by atoms with Crippen LogP contribution in [0.15, 0.2) is 66.9 Å². The normalized spacial score (nSPS) is 13.0. The summed E-state index contributed by atoms with van der Waals surface area (Å²) in [5.41, 5.74) is 5.23. The molecule has 1 heterocycles. The third-order valence-electron chi connectivity index (χ3n) is 5.68. The highest BCUT2D eigenvalue weighted by atomic mass is 16.5. The lowest BCUT2D eigenvalue weighted by molar-refractivity contribution is -0.139. The molecule has 1 unspecified atom stereocenters. The van der Waals surface area contributed by atoms with Gasteiger partial charge in [-0.2, -0.15) is 0 Å². The first-order valence-electron chi connectivity index (χ1n) is 10.4. The Hall–Kier alpha value is -3.87. The van der Waals surface area contributed by atoms with Crippen molar-refractivity contribution in [2.75, 3.05) is 13.7 Å². The van der Waals surface area contributed by atoms with Crippen LogP contribution < -0.4 is 10.1 Å². The van der Waals surface area contributed by atoms with Crippen LogP contribution in [-0.2, 0) is 16.0 Å². The van der Waals surface area contributed by atoms with Gasteiger partial charge in [0.1, 0.15) is 12.6 Å². The lowest BCUT2D eigenvalue weighted by Crippen LogP contribution is -2.41. The number of amides is 1. The molecule has 1 atom stereocenters. The van der Waals surface area contributed by atoms with Gasteiger partial charge in [0, 0.05) is 17.7 Å². The van der Waals surface area contributed by atoms with Gasteiger partial charge >= 0.3 is 12.1 Å². The zero-order valence-electron chi connectivity index (χ0n) is 17.7. The van der Waals surface area contributed by atoms with Crippen LogP contribution >= 0.6 is 0 Å². The number of carboxylic acids is 1. The fourth-order valence-electron chi connectivity index (χ4n) is 4.14. The van der Waals surface area contributed by atoms with Crippen LogP contribution in [0.1, 0.15) is 29.0 Å². The summed E-state index contributed by atoms with van der Waals surface area (Å²) in [6.45, 7) is 0.128. The van der Waals surface area contributed by atoms with Crippen molar-refractivity contribution in [1.29, 1.82) is 0 Å². The highest BCUT2D eigenvalue weighted by Gasteiger charge is 2.29. The minimum Gasteiger partial charge on any atom is -0.481 e. The molecule has 4 rings (SSSR count). The number of aliphatic carboxylic acids is 1. The second kappa shape index (κ2) is 9.51. The number of aryl methyl sites for hydroxylation is 1. The fourth-order valence-corrected chi connectivity index (χ4v) is 4.14. The summed E-state index contributed by atoms with van der Waals surface area (Å²) in [6, 6.07) is 18.6. The topological polar surface area (TPSA) is 97.8 Å². The van der Waals surface area contributed by atoms with Gasteiger partial charge in [0.25, 0.3) is 0 Å². The molecule has 164 valence electrons. The van der Waals surface area contributed by atoms with Gasteiger partial charge in [0.2, 0.25) is 5.88 Å². The van der Waals surface area contributed by atoms with Crippen LogP contribution in [0.5, 0.6) is 5.88 Å². The van der Waals surface area contributed by atoms with E-state index in [4.69, 9.17) is 9.47 Å². The van der Waals surface area contributed by atoms with Gasteiger partial charge in [-0.1, -0.05) is 54.6 Å². The molecule has 1 aliphatic rings. The SMILES string of the molecule is COc1ncccc1CCC(NC(=O)OCC1c2ccccc2-c2ccccc21)C(=O)O. The number of aromatic nitrogens is 1. The average Bonchev–Trinajstić information content (AvgIpc) is 3.14. The number of hydrogen-bond donors (Lipinski definition) is 2. The fraction of sp³-hybridized carbons (Fsp3) is 0.240. The molecule has 1 aliphatic carbocycles. The molecular formula is C25H24N2O5. The third kappa shape index (κ3) is 4.42. The Morgan fingerprint density at radius 2 is 1.69 bits per heavy atom. The first kappa shape index (κ1) is 21.4. The van der Waals surface area contributed by atoms with E-state index in [2.05, 4.69) is 22.4 Å². The highest BCUT2D eigenvalue weighted by Crippen LogP contribution is 2.44. The number of nitrogens with one attached hydrogen (secondary N) is 1. The van der Waals surface area contributed by atoms with E-state index in [0.29, 0.717) is 12.3 Å². The predicted molar refractivity (Wildman–Crippen MR) is 119 cm³/mol. The first-order valence-corrected chi connectivity index (χ1v) is 10.4. The molecule has 32 heavy (non-hydrogen) atoms. The second-order valence-electron chi connectivity index (χ2n) is 7.57. The van der Waals surface area contributed by atoms with Crippen molar-refractivity contribution in [2.24, 2.45) is 0 Å². The van der Waals surface area contributed by atoms with Gasteiger partial charge in [-0.05, 0) is 41.2 Å². The minimum atomic E-state index is -1.12. The van der Waals surface area contributed by atoms with E-state index in [1.165, 1.54) is 7.11 Å². The number of fused-ring (bicyclic) bond motifs is 3. The van der Waals surface area contributed by atoms with Crippen LogP contribution in [0.3, 0.4) is 0 Å². The van der Waals surface area contributed by atoms with Gasteiger partial charge in [0.15, 0.2) is 0 Å². The molecule has 2 aromatic carbocycles. The molecule has 0 bridgehead atoms. The van der Waals surface area contributed by atoms with E-state index >= 15 is 0 Å². The number of ether oxygens (including phenoxy) is 2. The Morgan fingerprint density at radius 1 is 1.03 bits per heavy atom. The van der Waals surface area contributed by atoms with Crippen LogP contribution in [0.4, 0.5) is 4.79 Å². The number of carbonyl (C=O) groups is 2. The van der Waals surface area contributed by atoms with Crippen molar-refractivity contribution >= 4 is 12.1 Å². The molecule has 2 N–H and O–H groups in total. The maximum Gasteiger partial charge on any atom is 0.407 e. The maximum absolute atomic E-state index is 12.4. The van der Waals surface area contributed by atoms with Crippen molar-refractivity contribution < 1.29 is 24.2 Å². The summed E-state index contributed by atoms with van der Waals surface area (Å²) in [4.78, 5) is 28.2. The predicted octanol–water partition coefficient (Wildman–Crippen LogP) is 4.01. The highest BCUT2D eigenvalue weighted by molar-refractivity contribution is 5.81. The molecule has 7 heteroatoms. The molecule has 0 fully saturated rings. The average molecular weight is 432 g/mol. The zero-order chi connectivity index (χ0) is 22.5. The van der Waals surface area contributed by atoms with E-state index in [1.807, 2.05) is 42.5 Å². The molecule has 7 nitrogen and oxygen atoms in total. The monoisotopic (exact) mass is 432 g/mol. The Bertz CT molecular complexity index is 1090. The number of hydrogen-bond acceptors (Lipinski definition) is 5. The Labute approximate surface area is 186 Å². The molecular weight excluding hydrogens is 408 g/mol. The Balaban J connectivity index is 1.39. The quantitative estimate of drug-likeness (QED) is 0.558. The van der Waals surface area contributed by atoms with Crippen molar-refractivity contribution in [3.63, 3.8) is 0 Å². The Morgan fingerprint density at radius 3 is 2.31 bits per heavy atom. The van der Waals surface area contributed by atoms with Gasteiger partial charge < -0.3 is 19.9 Å². The van der Waals surface area contributed by atoms with E-state index in [1.54, 1.807) is 12.3 Å². The van der Waals surface area contributed by atoms with Gasteiger partial charge in [0.05, 0.1) is 7.11 Å². The molecule has 1 amide bonds. The van der Waals surface area contributed by atoms with E-state index in [9.17, 15) is 14.7 Å². The largest absolute Gasteiger partial charge is 0.481 e. The lowest BCUT2D eigenvalue weighted by atomic mass is 9.98. The van der Waals surface area contributed by atoms with Crippen LogP contribution in [0.2, 0.25) is 0 Å². The minimum absolute atomic E-state index is 0.0870. The Kier molecular flexibility index (Phi) is 6.35. The molecule has 3 aromatic rings. The summed E-state index contributed by atoms with van der Waals surface area (Å²) in [7, 11) is 1.51. The van der Waals surface area contributed by atoms with Gasteiger partial charge in [-0.15, -0.1) is 0 Å². The smallest absolute Gasteiger partial charge is 0.407 e. The van der Waals surface area contributed by atoms with E-state index in [0.717, 1.165) is 27.8 Å². The summed E-state index contributed by atoms with van der Waals surface area (Å²) in [5.74, 6) is -0.768. The molecule has 1 aromatic heterocycles. The number of methoxy groups -OCH3 is 1. The lowest BCUT2D eigenvalue weighted by Gasteiger charge is -2.17. The number of carboxylic acid groups (broad SMARTS) is 1. The maximum atomic E-state index is 12.4. The van der Waals surface area contributed by atoms with Crippen molar-refractivity contribution in [2.45, 2.75) is 24.8 Å². The number of benzene rings is 2. The number of carbonyl (C=O) groups excluding carboxylic acids is 1. The van der Waals surface area contributed by atoms with Crippen LogP contribution in [-0.4, -0.2) is 41.9 Å². The summed E-state index contributed by atoms with van der Waals surface area (Å²) in [5, 5.41) is 12.0. The molecule has 0 aliphatic heterocycles. The number of nitrogens with zero attached hydrogens (tertiary/aromatic N) is 1. The van der Waals surface area contributed by atoms with Gasteiger partial charge in [-0.3, -0.25) is 0 Å². The van der Waals surface area contributed by atoms with Crippen molar-refractivity contribution in [3.05, 3.63) is 83.6 Å². The molecule has 0 saturated heterocycles. The van der Waals surface area contributed by atoms with Gasteiger partial charge in [-0.25, -0.2) is 14.6 Å². The summed E-state index contributed by atoms with van der Waals surface area (Å²) >= 11 is 0. The van der Waals surface area contributed by atoms with Crippen LogP contribution in [0, 0.1) is 0 Å². The number of alkyl carbamates (subject to hydrolysis) is 1. The summed E-state index contributed by atoms with van der Waals surface area (Å²) < 4.78 is 10.7. The van der Waals surface area contributed by atoms with Crippen molar-refractivity contribution in [1.82, 2.24) is 10.3 Å². The third-order valence-corrected chi connectivity index (χ3v) is 5.68.